The number of rotatable bonds is 2. The summed E-state index contributed by atoms with van der Waals surface area (Å²) in [6.07, 6.45) is 11.1. The van der Waals surface area contributed by atoms with E-state index in [-0.39, 0.29) is 0 Å². The smallest absolute Gasteiger partial charge is 0.00288 e. The molecule has 1 aliphatic carbocycles. The third kappa shape index (κ3) is 4.75. The Bertz CT molecular complexity index is 441. The molecular weight excluding hydrogens is 216 g/mol. The van der Waals surface area contributed by atoms with Gasteiger partial charge in [0.25, 0.3) is 0 Å². The highest BCUT2D eigenvalue weighted by Gasteiger charge is 1.98. The molecule has 1 aromatic carbocycles. The first-order valence-electron chi connectivity index (χ1n) is 6.83. The van der Waals surface area contributed by atoms with E-state index in [0.29, 0.717) is 0 Å². The van der Waals surface area contributed by atoms with E-state index in [1.165, 1.54) is 22.3 Å². The van der Waals surface area contributed by atoms with E-state index in [2.05, 4.69) is 62.4 Å². The van der Waals surface area contributed by atoms with Gasteiger partial charge in [-0.25, -0.2) is 0 Å². The van der Waals surface area contributed by atoms with Crippen LogP contribution in [0, 0.1) is 6.92 Å². The molecule has 0 bridgehead atoms. The summed E-state index contributed by atoms with van der Waals surface area (Å²) in [5.41, 5.74) is 5.49. The van der Waals surface area contributed by atoms with Crippen LogP contribution in [0.4, 0.5) is 0 Å². The molecule has 0 amide bonds. The molecule has 0 N–H and O–H groups in total. The maximum Gasteiger partial charge on any atom is -0.00288 e. The zero-order valence-corrected chi connectivity index (χ0v) is 12.0. The molecule has 0 atom stereocenters. The lowest BCUT2D eigenvalue weighted by atomic mass is 10.0. The topological polar surface area (TPSA) is 0 Å². The molecule has 96 valence electrons. The van der Waals surface area contributed by atoms with Crippen LogP contribution in [0.25, 0.3) is 0 Å². The van der Waals surface area contributed by atoms with Gasteiger partial charge in [-0.3, -0.25) is 0 Å². The zero-order chi connectivity index (χ0) is 13.4. The van der Waals surface area contributed by atoms with Crippen LogP contribution in [0.1, 0.15) is 38.3 Å². The second kappa shape index (κ2) is 7.71. The molecule has 2 rings (SSSR count). The quantitative estimate of drug-likeness (QED) is 0.649. The summed E-state index contributed by atoms with van der Waals surface area (Å²) in [6, 6.07) is 8.80. The highest BCUT2D eigenvalue weighted by atomic mass is 14.0. The third-order valence-corrected chi connectivity index (χ3v) is 2.91. The predicted molar refractivity (Wildman–Crippen MR) is 81.8 cm³/mol. The molecule has 0 spiro atoms. The molecule has 0 nitrogen and oxygen atoms in total. The summed E-state index contributed by atoms with van der Waals surface area (Å²) in [4.78, 5) is 0. The minimum absolute atomic E-state index is 1.04. The number of aryl methyl sites for hydroxylation is 1. The first-order valence-corrected chi connectivity index (χ1v) is 6.83. The Morgan fingerprint density at radius 3 is 2.22 bits per heavy atom. The summed E-state index contributed by atoms with van der Waals surface area (Å²) < 4.78 is 0. The van der Waals surface area contributed by atoms with E-state index in [0.717, 1.165) is 12.8 Å². The maximum absolute atomic E-state index is 2.31. The predicted octanol–water partition coefficient (Wildman–Crippen LogP) is 5.40. The van der Waals surface area contributed by atoms with Crippen molar-refractivity contribution in [3.05, 3.63) is 70.8 Å². The van der Waals surface area contributed by atoms with Gasteiger partial charge in [0.2, 0.25) is 0 Å². The van der Waals surface area contributed by atoms with Crippen molar-refractivity contribution in [2.45, 2.75) is 40.5 Å². The second-order valence-corrected chi connectivity index (χ2v) is 4.46. The van der Waals surface area contributed by atoms with Crippen molar-refractivity contribution in [1.82, 2.24) is 0 Å². The van der Waals surface area contributed by atoms with Gasteiger partial charge in [-0.15, -0.1) is 0 Å². The molecule has 18 heavy (non-hydrogen) atoms. The van der Waals surface area contributed by atoms with Crippen LogP contribution < -0.4 is 0 Å². The Labute approximate surface area is 112 Å². The Kier molecular flexibility index (Phi) is 6.21. The van der Waals surface area contributed by atoms with E-state index >= 15 is 0 Å². The van der Waals surface area contributed by atoms with Gasteiger partial charge >= 0.3 is 0 Å². The fourth-order valence-electron chi connectivity index (χ4n) is 1.84. The van der Waals surface area contributed by atoms with Crippen molar-refractivity contribution in [3.8, 4) is 0 Å². The summed E-state index contributed by atoms with van der Waals surface area (Å²) in [5.74, 6) is 0. The largest absolute Gasteiger partial charge is 0.0778 e. The Morgan fingerprint density at radius 1 is 0.889 bits per heavy atom. The van der Waals surface area contributed by atoms with Crippen molar-refractivity contribution >= 4 is 0 Å². The van der Waals surface area contributed by atoms with Gasteiger partial charge in [-0.1, -0.05) is 73.6 Å². The average molecular weight is 240 g/mol. The lowest BCUT2D eigenvalue weighted by Gasteiger charge is -2.02. The van der Waals surface area contributed by atoms with Crippen LogP contribution in [-0.4, -0.2) is 0 Å². The van der Waals surface area contributed by atoms with Crippen LogP contribution >= 0.6 is 0 Å². The first kappa shape index (κ1) is 14.5. The van der Waals surface area contributed by atoms with Crippen LogP contribution in [0.2, 0.25) is 0 Å². The van der Waals surface area contributed by atoms with Crippen molar-refractivity contribution in [3.63, 3.8) is 0 Å². The normalized spacial score (nSPS) is 14.0. The maximum atomic E-state index is 2.31. The van der Waals surface area contributed by atoms with E-state index < -0.39 is 0 Å². The monoisotopic (exact) mass is 240 g/mol. The first-order chi connectivity index (χ1) is 8.74. The molecular formula is C18H24. The third-order valence-electron chi connectivity index (χ3n) is 2.91. The summed E-state index contributed by atoms with van der Waals surface area (Å²) >= 11 is 0. The van der Waals surface area contributed by atoms with E-state index in [1.807, 2.05) is 13.8 Å². The summed E-state index contributed by atoms with van der Waals surface area (Å²) in [5, 5.41) is 0. The molecule has 1 aliphatic rings. The number of allylic oxidation sites excluding steroid dienone is 6. The lowest BCUT2D eigenvalue weighted by Crippen LogP contribution is -1.87. The molecule has 0 heterocycles. The highest BCUT2D eigenvalue weighted by molar-refractivity contribution is 5.35. The van der Waals surface area contributed by atoms with E-state index in [1.54, 1.807) is 0 Å². The average Bonchev–Trinajstić information content (AvgIpc) is 2.60. The standard InChI is InChI=1S/C16H18.C2H6/c1-13-4-3-5-15(9-6-13)12-16-10-7-14(2)8-11-16;1-2/h4-11H,3,12H2,1-2H3;1-2H3. The fraction of sp³-hybridized carbons (Fsp3) is 0.333. The van der Waals surface area contributed by atoms with Crippen LogP contribution in [0.5, 0.6) is 0 Å². The number of hydrogen-bond acceptors (Lipinski definition) is 0. The molecule has 0 saturated carbocycles. The molecule has 0 unspecified atom stereocenters. The number of benzene rings is 1. The molecule has 0 radical (unpaired) electrons. The van der Waals surface area contributed by atoms with Gasteiger partial charge in [0.15, 0.2) is 0 Å². The lowest BCUT2D eigenvalue weighted by molar-refractivity contribution is 1.17. The fourth-order valence-corrected chi connectivity index (χ4v) is 1.84. The van der Waals surface area contributed by atoms with Gasteiger partial charge in [0.1, 0.15) is 0 Å². The molecule has 0 fully saturated rings. The van der Waals surface area contributed by atoms with Crippen molar-refractivity contribution in [2.75, 3.05) is 0 Å². The molecule has 0 heteroatoms. The van der Waals surface area contributed by atoms with Crippen LogP contribution in [-0.2, 0) is 6.42 Å². The van der Waals surface area contributed by atoms with E-state index in [4.69, 9.17) is 0 Å². The summed E-state index contributed by atoms with van der Waals surface area (Å²) in [6.45, 7) is 8.28. The van der Waals surface area contributed by atoms with Crippen LogP contribution in [0.15, 0.2) is 59.7 Å². The second-order valence-electron chi connectivity index (χ2n) is 4.46. The Morgan fingerprint density at radius 2 is 1.56 bits per heavy atom. The van der Waals surface area contributed by atoms with Crippen molar-refractivity contribution in [1.29, 1.82) is 0 Å². The van der Waals surface area contributed by atoms with E-state index in [9.17, 15) is 0 Å². The molecule has 0 aromatic heterocycles. The number of hydrogen-bond donors (Lipinski definition) is 0. The molecule has 0 saturated heterocycles. The van der Waals surface area contributed by atoms with Crippen molar-refractivity contribution < 1.29 is 0 Å². The van der Waals surface area contributed by atoms with Crippen molar-refractivity contribution in [2.24, 2.45) is 0 Å². The van der Waals surface area contributed by atoms with Gasteiger partial charge in [-0.2, -0.15) is 0 Å². The minimum atomic E-state index is 1.04. The Balaban J connectivity index is 0.000000771. The molecule has 0 aliphatic heterocycles. The minimum Gasteiger partial charge on any atom is -0.0778 e. The van der Waals surface area contributed by atoms with Gasteiger partial charge < -0.3 is 0 Å². The zero-order valence-electron chi connectivity index (χ0n) is 12.0. The van der Waals surface area contributed by atoms with Crippen LogP contribution in [0.3, 0.4) is 0 Å². The highest BCUT2D eigenvalue weighted by Crippen LogP contribution is 2.15. The SMILES string of the molecule is CC.CC1=CCC=C(Cc2ccc(C)cc2)C=C1. The van der Waals surface area contributed by atoms with Gasteiger partial charge in [0, 0.05) is 0 Å². The molecule has 1 aromatic rings. The van der Waals surface area contributed by atoms with Gasteiger partial charge in [-0.05, 0) is 37.8 Å². The van der Waals surface area contributed by atoms with Gasteiger partial charge in [0.05, 0.1) is 0 Å². The Hall–Kier alpha value is -1.56. The summed E-state index contributed by atoms with van der Waals surface area (Å²) in [7, 11) is 0.